The highest BCUT2D eigenvalue weighted by Crippen LogP contribution is 2.33. The van der Waals surface area contributed by atoms with E-state index in [9.17, 15) is 4.79 Å². The second-order valence-electron chi connectivity index (χ2n) is 9.19. The van der Waals surface area contributed by atoms with Gasteiger partial charge in [0.2, 0.25) is 5.95 Å². The number of aromatic nitrogens is 4. The minimum atomic E-state index is -0.291. The van der Waals surface area contributed by atoms with Gasteiger partial charge in [-0.3, -0.25) is 9.69 Å². The van der Waals surface area contributed by atoms with Gasteiger partial charge < -0.3 is 19.4 Å². The maximum atomic E-state index is 12.9. The number of hydrogen-bond donors (Lipinski definition) is 1. The highest BCUT2D eigenvalue weighted by Gasteiger charge is 2.22. The van der Waals surface area contributed by atoms with Gasteiger partial charge in [-0.25, -0.2) is 14.6 Å². The summed E-state index contributed by atoms with van der Waals surface area (Å²) < 4.78 is 12.6. The number of piperazine rings is 1. The molecule has 1 aromatic carbocycles. The smallest absolute Gasteiger partial charge is 0.278 e. The Balaban J connectivity index is 1.45. The normalized spacial score (nSPS) is 14.3. The van der Waals surface area contributed by atoms with Crippen LogP contribution in [-0.2, 0) is 6.54 Å². The van der Waals surface area contributed by atoms with Crippen molar-refractivity contribution in [2.24, 2.45) is 0 Å². The van der Waals surface area contributed by atoms with Crippen molar-refractivity contribution < 1.29 is 9.15 Å². The molecule has 10 nitrogen and oxygen atoms in total. The van der Waals surface area contributed by atoms with Crippen LogP contribution >= 0.6 is 0 Å². The van der Waals surface area contributed by atoms with Crippen LogP contribution in [0, 0.1) is 0 Å². The molecule has 1 aliphatic heterocycles. The van der Waals surface area contributed by atoms with Crippen LogP contribution in [0.2, 0.25) is 0 Å². The molecule has 1 aliphatic rings. The first-order chi connectivity index (χ1) is 18.0. The number of rotatable bonds is 8. The molecule has 1 saturated heterocycles. The van der Waals surface area contributed by atoms with Crippen LogP contribution in [0.3, 0.4) is 0 Å². The molecule has 0 spiro atoms. The Morgan fingerprint density at radius 3 is 2.70 bits per heavy atom. The first-order valence-corrected chi connectivity index (χ1v) is 12.3. The summed E-state index contributed by atoms with van der Waals surface area (Å²) in [5, 5.41) is 8.07. The second-order valence-corrected chi connectivity index (χ2v) is 9.19. The van der Waals surface area contributed by atoms with E-state index in [1.165, 1.54) is 10.9 Å². The zero-order valence-corrected chi connectivity index (χ0v) is 21.3. The number of allylic oxidation sites excluding steroid dienone is 1. The lowest BCUT2D eigenvalue weighted by Crippen LogP contribution is -2.49. The van der Waals surface area contributed by atoms with Gasteiger partial charge >= 0.3 is 0 Å². The third-order valence-corrected chi connectivity index (χ3v) is 6.58. The molecule has 4 aromatic rings. The topological polar surface area (TPSA) is 102 Å². The lowest BCUT2D eigenvalue weighted by Gasteiger charge is -2.38. The van der Waals surface area contributed by atoms with Gasteiger partial charge in [-0.15, -0.1) is 6.58 Å². The molecule has 0 saturated carbocycles. The molecular formula is C27H31N7O3. The fraction of sp³-hybridized carbons (Fsp3) is 0.333. The Kier molecular flexibility index (Phi) is 6.91. The Labute approximate surface area is 215 Å². The third-order valence-electron chi connectivity index (χ3n) is 6.58. The Hall–Kier alpha value is -4.18. The molecule has 1 N–H and O–H groups in total. The summed E-state index contributed by atoms with van der Waals surface area (Å²) in [4.78, 5) is 26.8. The predicted octanol–water partition coefficient (Wildman–Crippen LogP) is 3.92. The number of hydrogen-bond acceptors (Lipinski definition) is 9. The largest absolute Gasteiger partial charge is 0.495 e. The van der Waals surface area contributed by atoms with E-state index in [1.807, 2.05) is 12.1 Å². The number of benzene rings is 1. The molecule has 0 radical (unpaired) electrons. The molecular weight excluding hydrogens is 470 g/mol. The van der Waals surface area contributed by atoms with E-state index in [2.05, 4.69) is 56.7 Å². The predicted molar refractivity (Wildman–Crippen MR) is 145 cm³/mol. The molecule has 0 bridgehead atoms. The molecule has 192 valence electrons. The van der Waals surface area contributed by atoms with Gasteiger partial charge in [-0.1, -0.05) is 6.08 Å². The van der Waals surface area contributed by atoms with E-state index in [1.54, 1.807) is 31.6 Å². The van der Waals surface area contributed by atoms with Crippen LogP contribution in [0.5, 0.6) is 5.75 Å². The summed E-state index contributed by atoms with van der Waals surface area (Å²) in [7, 11) is 1.68. The first-order valence-electron chi connectivity index (χ1n) is 12.3. The standard InChI is InChI=1S/C27H31N7O3/c1-5-10-34-26(35)20-17-28-27(30-24(20)25(31-34)22-7-6-15-37-22)29-19-8-9-21(23(16-19)36-4)33-13-11-32(12-14-33)18(2)3/h5-9,15-18H,1,10-14H2,2-4H3,(H,28,29,30). The first kappa shape index (κ1) is 24.5. The molecule has 4 heterocycles. The average Bonchev–Trinajstić information content (AvgIpc) is 3.45. The lowest BCUT2D eigenvalue weighted by atomic mass is 10.2. The molecule has 10 heteroatoms. The molecule has 0 aliphatic carbocycles. The SMILES string of the molecule is C=CCn1nc(-c2ccco2)c2nc(Nc3ccc(N4CCN(C(C)C)CC4)c(OC)c3)ncc2c1=O. The highest BCUT2D eigenvalue weighted by atomic mass is 16.5. The van der Waals surface area contributed by atoms with Gasteiger partial charge in [0.25, 0.3) is 5.56 Å². The van der Waals surface area contributed by atoms with Crippen LogP contribution in [0.4, 0.5) is 17.3 Å². The monoisotopic (exact) mass is 501 g/mol. The number of anilines is 3. The summed E-state index contributed by atoms with van der Waals surface area (Å²) in [6.07, 6.45) is 4.69. The molecule has 1 fully saturated rings. The maximum Gasteiger partial charge on any atom is 0.278 e. The van der Waals surface area contributed by atoms with Crippen molar-refractivity contribution in [2.45, 2.75) is 26.4 Å². The number of furan rings is 1. The van der Waals surface area contributed by atoms with Crippen LogP contribution in [0.1, 0.15) is 13.8 Å². The highest BCUT2D eigenvalue weighted by molar-refractivity contribution is 5.89. The fourth-order valence-electron chi connectivity index (χ4n) is 4.58. The number of fused-ring (bicyclic) bond motifs is 1. The Morgan fingerprint density at radius 2 is 2.03 bits per heavy atom. The number of methoxy groups -OCH3 is 1. The van der Waals surface area contributed by atoms with Crippen molar-refractivity contribution in [3.05, 3.63) is 65.8 Å². The van der Waals surface area contributed by atoms with E-state index in [-0.39, 0.29) is 12.1 Å². The van der Waals surface area contributed by atoms with E-state index in [4.69, 9.17) is 9.15 Å². The molecule has 37 heavy (non-hydrogen) atoms. The maximum absolute atomic E-state index is 12.9. The Bertz CT molecular complexity index is 1460. The molecule has 0 unspecified atom stereocenters. The Morgan fingerprint density at radius 1 is 1.22 bits per heavy atom. The summed E-state index contributed by atoms with van der Waals surface area (Å²) in [5.74, 6) is 1.62. The van der Waals surface area contributed by atoms with Crippen LogP contribution in [0.15, 0.2) is 64.7 Å². The second kappa shape index (κ2) is 10.4. The van der Waals surface area contributed by atoms with Gasteiger partial charge in [-0.05, 0) is 38.1 Å². The fourth-order valence-corrected chi connectivity index (χ4v) is 4.58. The molecule has 3 aromatic heterocycles. The van der Waals surface area contributed by atoms with Crippen molar-refractivity contribution in [3.63, 3.8) is 0 Å². The summed E-state index contributed by atoms with van der Waals surface area (Å²) >= 11 is 0. The summed E-state index contributed by atoms with van der Waals surface area (Å²) in [5.41, 5.74) is 2.40. The van der Waals surface area contributed by atoms with Crippen LogP contribution < -0.4 is 20.5 Å². The minimum absolute atomic E-state index is 0.265. The quantitative estimate of drug-likeness (QED) is 0.360. The van der Waals surface area contributed by atoms with Crippen LogP contribution in [-0.4, -0.2) is 64.0 Å². The van der Waals surface area contributed by atoms with Gasteiger partial charge in [0.1, 0.15) is 11.3 Å². The number of nitrogens with one attached hydrogen (secondary N) is 1. The molecule has 5 rings (SSSR count). The molecule has 0 atom stereocenters. The lowest BCUT2D eigenvalue weighted by molar-refractivity contribution is 0.209. The van der Waals surface area contributed by atoms with Gasteiger partial charge in [-0.2, -0.15) is 5.10 Å². The van der Waals surface area contributed by atoms with Gasteiger partial charge in [0.15, 0.2) is 11.5 Å². The van der Waals surface area contributed by atoms with Crippen molar-refractivity contribution in [1.29, 1.82) is 0 Å². The zero-order chi connectivity index (χ0) is 25.9. The zero-order valence-electron chi connectivity index (χ0n) is 21.3. The van der Waals surface area contributed by atoms with E-state index in [0.29, 0.717) is 34.3 Å². The van der Waals surface area contributed by atoms with Gasteiger partial charge in [0, 0.05) is 50.2 Å². The summed E-state index contributed by atoms with van der Waals surface area (Å²) in [6, 6.07) is 10.1. The minimum Gasteiger partial charge on any atom is -0.495 e. The van der Waals surface area contributed by atoms with Crippen molar-refractivity contribution >= 4 is 28.2 Å². The van der Waals surface area contributed by atoms with Crippen molar-refractivity contribution in [2.75, 3.05) is 43.5 Å². The van der Waals surface area contributed by atoms with E-state index in [0.717, 1.165) is 43.3 Å². The number of ether oxygens (including phenoxy) is 1. The summed E-state index contributed by atoms with van der Waals surface area (Å²) in [6.45, 7) is 12.4. The van der Waals surface area contributed by atoms with Crippen molar-refractivity contribution in [1.82, 2.24) is 24.6 Å². The van der Waals surface area contributed by atoms with E-state index < -0.39 is 0 Å². The average molecular weight is 502 g/mol. The van der Waals surface area contributed by atoms with E-state index >= 15 is 0 Å². The van der Waals surface area contributed by atoms with Gasteiger partial charge in [0.05, 0.1) is 31.0 Å². The molecule has 0 amide bonds. The van der Waals surface area contributed by atoms with Crippen LogP contribution in [0.25, 0.3) is 22.4 Å². The van der Waals surface area contributed by atoms with Crippen molar-refractivity contribution in [3.8, 4) is 17.2 Å². The third kappa shape index (κ3) is 4.92. The number of nitrogens with zero attached hydrogens (tertiary/aromatic N) is 6.